The van der Waals surface area contributed by atoms with Crippen molar-refractivity contribution < 1.29 is 0 Å². The third-order valence-electron chi connectivity index (χ3n) is 2.25. The van der Waals surface area contributed by atoms with Crippen molar-refractivity contribution in [3.8, 4) is 0 Å². The molecule has 2 heteroatoms. The van der Waals surface area contributed by atoms with Crippen LogP contribution >= 0.6 is 0 Å². The smallest absolute Gasteiger partial charge is 0.0788 e. The highest BCUT2D eigenvalue weighted by Crippen LogP contribution is 2.27. The summed E-state index contributed by atoms with van der Waals surface area (Å²) in [5.41, 5.74) is 4.06. The summed E-state index contributed by atoms with van der Waals surface area (Å²) in [6.07, 6.45) is 6.86. The number of hydrogen-bond acceptors (Lipinski definition) is 2. The predicted octanol–water partition coefficient (Wildman–Crippen LogP) is 3.92. The average Bonchev–Trinajstić information content (AvgIpc) is 2.29. The maximum absolute atomic E-state index is 4.37. The van der Waals surface area contributed by atoms with E-state index in [0.717, 1.165) is 22.4 Å². The molecule has 1 aromatic carbocycles. The van der Waals surface area contributed by atoms with Gasteiger partial charge in [0.2, 0.25) is 0 Å². The van der Waals surface area contributed by atoms with Gasteiger partial charge in [-0.2, -0.15) is 0 Å². The number of aryl methyl sites for hydroxylation is 1. The van der Waals surface area contributed by atoms with Crippen LogP contribution < -0.4 is 0 Å². The Morgan fingerprint density at radius 2 is 2.00 bits per heavy atom. The summed E-state index contributed by atoms with van der Waals surface area (Å²) in [4.78, 5) is 8.42. The molecule has 0 spiro atoms. The van der Waals surface area contributed by atoms with E-state index in [0.29, 0.717) is 0 Å². The molecule has 0 saturated carbocycles. The lowest BCUT2D eigenvalue weighted by Gasteiger charge is -2.07. The molecule has 0 unspecified atom stereocenters. The van der Waals surface area contributed by atoms with Crippen molar-refractivity contribution >= 4 is 24.2 Å². The van der Waals surface area contributed by atoms with Crippen LogP contribution in [0.3, 0.4) is 0 Å². The van der Waals surface area contributed by atoms with Gasteiger partial charge in [0, 0.05) is 29.8 Å². The van der Waals surface area contributed by atoms with Crippen molar-refractivity contribution in [3.63, 3.8) is 0 Å². The van der Waals surface area contributed by atoms with E-state index in [1.165, 1.54) is 6.20 Å². The van der Waals surface area contributed by atoms with Crippen LogP contribution in [-0.2, 0) is 0 Å². The summed E-state index contributed by atoms with van der Waals surface area (Å²) < 4.78 is 0. The molecular weight excluding hydrogens is 196 g/mol. The zero-order valence-corrected chi connectivity index (χ0v) is 9.77. The second-order valence-electron chi connectivity index (χ2n) is 3.29. The van der Waals surface area contributed by atoms with E-state index in [1.807, 2.05) is 26.0 Å². The van der Waals surface area contributed by atoms with Gasteiger partial charge in [0.05, 0.1) is 5.69 Å². The van der Waals surface area contributed by atoms with Crippen LogP contribution in [0.15, 0.2) is 41.5 Å². The molecule has 0 aliphatic heterocycles. The first-order valence-corrected chi connectivity index (χ1v) is 5.13. The van der Waals surface area contributed by atoms with E-state index in [4.69, 9.17) is 0 Å². The third kappa shape index (κ3) is 2.54. The maximum Gasteiger partial charge on any atom is 0.0788 e. The highest BCUT2D eigenvalue weighted by molar-refractivity contribution is 5.92. The van der Waals surface area contributed by atoms with Gasteiger partial charge in [-0.25, -0.2) is 0 Å². The molecule has 1 rings (SSSR count). The van der Waals surface area contributed by atoms with Crippen LogP contribution in [0.2, 0.25) is 0 Å². The number of nitrogens with zero attached hydrogens (tertiary/aromatic N) is 2. The second-order valence-corrected chi connectivity index (χ2v) is 3.29. The molecule has 0 aliphatic rings. The predicted molar refractivity (Wildman–Crippen MR) is 72.9 cm³/mol. The molecule has 2 nitrogen and oxygen atoms in total. The van der Waals surface area contributed by atoms with Gasteiger partial charge in [-0.3, -0.25) is 9.98 Å². The van der Waals surface area contributed by atoms with Crippen LogP contribution in [0.25, 0.3) is 6.08 Å². The fourth-order valence-corrected chi connectivity index (χ4v) is 1.45. The molecule has 0 bridgehead atoms. The van der Waals surface area contributed by atoms with Gasteiger partial charge in [-0.05, 0) is 19.4 Å². The normalized spacial score (nSPS) is 11.1. The fourth-order valence-electron chi connectivity index (χ4n) is 1.45. The Balaban J connectivity index is 3.46. The van der Waals surface area contributed by atoms with Crippen molar-refractivity contribution in [2.45, 2.75) is 13.8 Å². The molecule has 0 atom stereocenters. The summed E-state index contributed by atoms with van der Waals surface area (Å²) in [5.74, 6) is 0. The molecular formula is C14H16N2. The lowest BCUT2D eigenvalue weighted by molar-refractivity contribution is 1.39. The first-order valence-electron chi connectivity index (χ1n) is 5.13. The highest BCUT2D eigenvalue weighted by atomic mass is 14.7. The van der Waals surface area contributed by atoms with Gasteiger partial charge in [0.1, 0.15) is 0 Å². The summed E-state index contributed by atoms with van der Waals surface area (Å²) in [5, 5.41) is 0. The number of benzene rings is 1. The third-order valence-corrected chi connectivity index (χ3v) is 2.25. The molecule has 0 amide bonds. The standard InChI is InChI=1S/C14H16N2/c1-5-12-9-8-11(4)13(10-15-6-2)14(12)16-7-3/h5-10H,1-2H2,3-4H3/b15-10-,16-7-. The fraction of sp³-hybridized carbons (Fsp3) is 0.143. The van der Waals surface area contributed by atoms with Crippen molar-refractivity contribution in [2.75, 3.05) is 0 Å². The lowest BCUT2D eigenvalue weighted by Crippen LogP contribution is -1.90. The van der Waals surface area contributed by atoms with E-state index < -0.39 is 0 Å². The van der Waals surface area contributed by atoms with Crippen LogP contribution in [0.4, 0.5) is 5.69 Å². The Kier molecular flexibility index (Phi) is 4.40. The topological polar surface area (TPSA) is 24.7 Å². The van der Waals surface area contributed by atoms with Crippen LogP contribution in [-0.4, -0.2) is 12.4 Å². The SMILES string of the molecule is C=C/N=C\c1c(C)ccc(C=C)c1/N=C\C. The van der Waals surface area contributed by atoms with E-state index in [-0.39, 0.29) is 0 Å². The number of aliphatic imine (C=N–C) groups is 2. The largest absolute Gasteiger partial charge is 0.265 e. The molecule has 0 aliphatic carbocycles. The van der Waals surface area contributed by atoms with Gasteiger partial charge >= 0.3 is 0 Å². The molecule has 0 saturated heterocycles. The van der Waals surface area contributed by atoms with Crippen molar-refractivity contribution in [3.05, 3.63) is 48.2 Å². The van der Waals surface area contributed by atoms with Gasteiger partial charge < -0.3 is 0 Å². The van der Waals surface area contributed by atoms with Gasteiger partial charge in [-0.15, -0.1) is 0 Å². The Morgan fingerprint density at radius 3 is 2.56 bits per heavy atom. The van der Waals surface area contributed by atoms with E-state index in [9.17, 15) is 0 Å². The minimum absolute atomic E-state index is 0.906. The van der Waals surface area contributed by atoms with E-state index >= 15 is 0 Å². The number of rotatable bonds is 4. The molecule has 1 aromatic rings. The van der Waals surface area contributed by atoms with Crippen molar-refractivity contribution in [1.29, 1.82) is 0 Å². The monoisotopic (exact) mass is 212 g/mol. The minimum atomic E-state index is 0.906. The second kappa shape index (κ2) is 5.81. The quantitative estimate of drug-likeness (QED) is 0.676. The molecule has 0 N–H and O–H groups in total. The summed E-state index contributed by atoms with van der Waals surface area (Å²) >= 11 is 0. The first kappa shape index (κ1) is 12.1. The molecule has 0 aromatic heterocycles. The lowest BCUT2D eigenvalue weighted by atomic mass is 10.0. The zero-order valence-electron chi connectivity index (χ0n) is 9.77. The zero-order chi connectivity index (χ0) is 12.0. The Hall–Kier alpha value is -1.96. The van der Waals surface area contributed by atoms with Gasteiger partial charge in [-0.1, -0.05) is 31.4 Å². The molecule has 0 radical (unpaired) electrons. The van der Waals surface area contributed by atoms with Crippen molar-refractivity contribution in [1.82, 2.24) is 0 Å². The van der Waals surface area contributed by atoms with E-state index in [2.05, 4.69) is 23.1 Å². The van der Waals surface area contributed by atoms with Crippen LogP contribution in [0.1, 0.15) is 23.6 Å². The van der Waals surface area contributed by atoms with Crippen LogP contribution in [0.5, 0.6) is 0 Å². The van der Waals surface area contributed by atoms with E-state index in [1.54, 1.807) is 18.5 Å². The molecule has 0 heterocycles. The first-order chi connectivity index (χ1) is 7.74. The number of hydrogen-bond donors (Lipinski definition) is 0. The molecule has 16 heavy (non-hydrogen) atoms. The molecule has 82 valence electrons. The Bertz CT molecular complexity index is 454. The van der Waals surface area contributed by atoms with Crippen LogP contribution in [0, 0.1) is 6.92 Å². The minimum Gasteiger partial charge on any atom is -0.265 e. The highest BCUT2D eigenvalue weighted by Gasteiger charge is 2.06. The summed E-state index contributed by atoms with van der Waals surface area (Å²) in [6.45, 7) is 11.3. The average molecular weight is 212 g/mol. The summed E-state index contributed by atoms with van der Waals surface area (Å²) in [6, 6.07) is 4.05. The summed E-state index contributed by atoms with van der Waals surface area (Å²) in [7, 11) is 0. The maximum atomic E-state index is 4.37. The Morgan fingerprint density at radius 1 is 1.25 bits per heavy atom. The van der Waals surface area contributed by atoms with Crippen molar-refractivity contribution in [2.24, 2.45) is 9.98 Å². The Labute approximate surface area is 96.8 Å². The van der Waals surface area contributed by atoms with Gasteiger partial charge in [0.15, 0.2) is 0 Å². The molecule has 0 fully saturated rings. The van der Waals surface area contributed by atoms with Gasteiger partial charge in [0.25, 0.3) is 0 Å².